The van der Waals surface area contributed by atoms with Gasteiger partial charge < -0.3 is 14.2 Å². The van der Waals surface area contributed by atoms with Gasteiger partial charge in [-0.2, -0.15) is 0 Å². The van der Waals surface area contributed by atoms with Gasteiger partial charge in [0.1, 0.15) is 13.2 Å². The summed E-state index contributed by atoms with van der Waals surface area (Å²) in [6, 6.07) is 0. The zero-order valence-corrected chi connectivity index (χ0v) is 54.4. The number of rotatable bonds is 63. The number of hydrogen-bond acceptors (Lipinski definition) is 6. The largest absolute Gasteiger partial charge is 0.462 e. The lowest BCUT2D eigenvalue weighted by atomic mass is 10.0. The van der Waals surface area contributed by atoms with Gasteiger partial charge in [-0.3, -0.25) is 14.4 Å². The third-order valence-electron chi connectivity index (χ3n) is 14.9. The van der Waals surface area contributed by atoms with Gasteiger partial charge in [-0.1, -0.05) is 303 Å². The molecule has 0 rings (SSSR count). The Hall–Kier alpha value is -4.19. The van der Waals surface area contributed by atoms with Crippen LogP contribution in [0.15, 0.2) is 122 Å². The molecule has 0 aromatic heterocycles. The van der Waals surface area contributed by atoms with E-state index in [0.29, 0.717) is 19.3 Å². The number of carbonyl (C=O) groups excluding carboxylic acids is 3. The normalized spacial score (nSPS) is 12.9. The predicted molar refractivity (Wildman–Crippen MR) is 362 cm³/mol. The second-order valence-electron chi connectivity index (χ2n) is 23.1. The minimum Gasteiger partial charge on any atom is -0.462 e. The van der Waals surface area contributed by atoms with Gasteiger partial charge in [0.25, 0.3) is 0 Å². The molecular weight excluding hydrogens is 1020 g/mol. The lowest BCUT2D eigenvalue weighted by Crippen LogP contribution is -2.30. The van der Waals surface area contributed by atoms with Crippen molar-refractivity contribution in [1.29, 1.82) is 0 Å². The van der Waals surface area contributed by atoms with Crippen molar-refractivity contribution >= 4 is 17.9 Å². The van der Waals surface area contributed by atoms with Gasteiger partial charge in [0.15, 0.2) is 6.10 Å². The Balaban J connectivity index is 4.45. The highest BCUT2D eigenvalue weighted by atomic mass is 16.6. The van der Waals surface area contributed by atoms with Gasteiger partial charge >= 0.3 is 17.9 Å². The van der Waals surface area contributed by atoms with Gasteiger partial charge in [-0.25, -0.2) is 0 Å². The van der Waals surface area contributed by atoms with Crippen LogP contribution in [0, 0.1) is 0 Å². The number of hydrogen-bond donors (Lipinski definition) is 0. The molecule has 83 heavy (non-hydrogen) atoms. The van der Waals surface area contributed by atoms with Crippen LogP contribution in [0.4, 0.5) is 0 Å². The SMILES string of the molecule is CC/C=C\C/C=C\C/C=C\C/C=C\C/C=C\C/C=C\C/C=C\CCCC(=O)OC(COC(=O)CCCCCCCCC/C=C\CCCCCCCC)COC(=O)CCCCCCCCCCCCCCC/C=C\C/C=C\CCCCCCC. The minimum atomic E-state index is -0.816. The van der Waals surface area contributed by atoms with E-state index in [1.165, 1.54) is 186 Å². The summed E-state index contributed by atoms with van der Waals surface area (Å²) in [4.78, 5) is 38.4. The molecule has 0 N–H and O–H groups in total. The van der Waals surface area contributed by atoms with E-state index in [-0.39, 0.29) is 37.5 Å². The second kappa shape index (κ2) is 70.3. The van der Waals surface area contributed by atoms with E-state index in [1.54, 1.807) is 0 Å². The third-order valence-corrected chi connectivity index (χ3v) is 14.9. The molecule has 0 aliphatic carbocycles. The average Bonchev–Trinajstić information content (AvgIpc) is 3.49. The molecular formula is C77H130O6. The monoisotopic (exact) mass is 1150 g/mol. The molecule has 0 aliphatic rings. The van der Waals surface area contributed by atoms with E-state index in [2.05, 4.69) is 142 Å². The third kappa shape index (κ3) is 68.5. The van der Waals surface area contributed by atoms with Crippen LogP contribution in [0.1, 0.15) is 329 Å². The molecule has 0 saturated heterocycles. The molecule has 0 bridgehead atoms. The zero-order valence-electron chi connectivity index (χ0n) is 54.4. The molecule has 0 saturated carbocycles. The van der Waals surface area contributed by atoms with E-state index in [4.69, 9.17) is 14.2 Å². The van der Waals surface area contributed by atoms with Crippen LogP contribution in [0.2, 0.25) is 0 Å². The van der Waals surface area contributed by atoms with E-state index >= 15 is 0 Å². The number of carbonyl (C=O) groups is 3. The van der Waals surface area contributed by atoms with Crippen molar-refractivity contribution in [3.63, 3.8) is 0 Å². The van der Waals surface area contributed by atoms with Crippen LogP contribution in [-0.4, -0.2) is 37.2 Å². The first-order valence-corrected chi connectivity index (χ1v) is 35.0. The first-order chi connectivity index (χ1) is 41.0. The average molecular weight is 1150 g/mol. The fraction of sp³-hybridized carbons (Fsp3) is 0.701. The number of unbranched alkanes of at least 4 members (excludes halogenated alkanes) is 32. The van der Waals surface area contributed by atoms with Crippen LogP contribution < -0.4 is 0 Å². The maximum atomic E-state index is 12.9. The zero-order chi connectivity index (χ0) is 59.9. The van der Waals surface area contributed by atoms with Crippen molar-refractivity contribution in [2.75, 3.05) is 13.2 Å². The molecule has 0 aliphatic heterocycles. The van der Waals surface area contributed by atoms with Crippen molar-refractivity contribution in [2.45, 2.75) is 335 Å². The van der Waals surface area contributed by atoms with E-state index in [1.807, 2.05) is 0 Å². The molecule has 0 aromatic rings. The molecule has 6 nitrogen and oxygen atoms in total. The smallest absolute Gasteiger partial charge is 0.306 e. The molecule has 0 fully saturated rings. The topological polar surface area (TPSA) is 78.9 Å². The quantitative estimate of drug-likeness (QED) is 0.0261. The molecule has 0 aromatic carbocycles. The highest BCUT2D eigenvalue weighted by Crippen LogP contribution is 2.16. The van der Waals surface area contributed by atoms with Crippen molar-refractivity contribution < 1.29 is 28.6 Å². The van der Waals surface area contributed by atoms with Crippen molar-refractivity contribution in [2.24, 2.45) is 0 Å². The summed E-state index contributed by atoms with van der Waals surface area (Å²) in [6.45, 7) is 6.49. The summed E-state index contributed by atoms with van der Waals surface area (Å²) in [6.07, 6.45) is 97.9. The van der Waals surface area contributed by atoms with Crippen LogP contribution in [0.3, 0.4) is 0 Å². The van der Waals surface area contributed by atoms with E-state index < -0.39 is 6.10 Å². The summed E-state index contributed by atoms with van der Waals surface area (Å²) in [7, 11) is 0. The van der Waals surface area contributed by atoms with Crippen LogP contribution in [0.25, 0.3) is 0 Å². The maximum Gasteiger partial charge on any atom is 0.306 e. The molecule has 1 atom stereocenters. The number of allylic oxidation sites excluding steroid dienone is 20. The van der Waals surface area contributed by atoms with Crippen LogP contribution >= 0.6 is 0 Å². The lowest BCUT2D eigenvalue weighted by molar-refractivity contribution is -0.167. The Bertz CT molecular complexity index is 1700. The Morgan fingerprint density at radius 2 is 0.482 bits per heavy atom. The van der Waals surface area contributed by atoms with E-state index in [0.717, 1.165) is 96.3 Å². The Morgan fingerprint density at radius 1 is 0.253 bits per heavy atom. The Morgan fingerprint density at radius 3 is 0.783 bits per heavy atom. The Labute approximate surface area is 513 Å². The lowest BCUT2D eigenvalue weighted by Gasteiger charge is -2.18. The highest BCUT2D eigenvalue weighted by molar-refractivity contribution is 5.71. The van der Waals surface area contributed by atoms with Gasteiger partial charge in [-0.05, 0) is 128 Å². The second-order valence-corrected chi connectivity index (χ2v) is 23.1. The van der Waals surface area contributed by atoms with Crippen LogP contribution in [-0.2, 0) is 28.6 Å². The molecule has 0 radical (unpaired) electrons. The molecule has 6 heteroatoms. The van der Waals surface area contributed by atoms with Crippen molar-refractivity contribution in [1.82, 2.24) is 0 Å². The standard InChI is InChI=1S/C77H130O6/c1-4-7-10-13-16-19-22-25-28-31-33-35-37-38-40-41-43-46-49-52-55-58-61-64-67-70-76(79)82-73-74(72-81-75(78)69-66-63-60-57-54-51-48-45-30-27-24-21-18-15-12-9-6-3)83-77(80)71-68-65-62-59-56-53-50-47-44-42-39-36-34-32-29-26-23-20-17-14-11-8-5-2/h8,11,17,20,22,25-27,29-31,33-34,36,42,44,50,53,59,62,74H,4-7,9-10,12-16,18-19,21,23-24,28,32,35,37-41,43,45-49,51-52,54-58,60-61,63-73H2,1-3H3/b11-8-,20-17-,25-22-,29-26-,30-27-,33-31-,36-34-,44-42-,53-50-,62-59-. The fourth-order valence-corrected chi connectivity index (χ4v) is 9.69. The number of esters is 3. The molecule has 1 unspecified atom stereocenters. The fourth-order valence-electron chi connectivity index (χ4n) is 9.69. The van der Waals surface area contributed by atoms with Gasteiger partial charge in [-0.15, -0.1) is 0 Å². The minimum absolute atomic E-state index is 0.104. The number of ether oxygens (including phenoxy) is 3. The van der Waals surface area contributed by atoms with Gasteiger partial charge in [0.05, 0.1) is 0 Å². The van der Waals surface area contributed by atoms with Gasteiger partial charge in [0, 0.05) is 19.3 Å². The van der Waals surface area contributed by atoms with Crippen LogP contribution in [0.5, 0.6) is 0 Å². The van der Waals surface area contributed by atoms with Gasteiger partial charge in [0.2, 0.25) is 0 Å². The summed E-state index contributed by atoms with van der Waals surface area (Å²) in [5, 5.41) is 0. The summed E-state index contributed by atoms with van der Waals surface area (Å²) in [5.74, 6) is -0.959. The molecule has 0 amide bonds. The summed E-state index contributed by atoms with van der Waals surface area (Å²) < 4.78 is 16.9. The first-order valence-electron chi connectivity index (χ1n) is 35.0. The summed E-state index contributed by atoms with van der Waals surface area (Å²) in [5.41, 5.74) is 0. The molecule has 0 heterocycles. The predicted octanol–water partition coefficient (Wildman–Crippen LogP) is 24.3. The Kier molecular flexibility index (Phi) is 66.7. The maximum absolute atomic E-state index is 12.9. The molecule has 0 spiro atoms. The molecule has 474 valence electrons. The van der Waals surface area contributed by atoms with Crippen molar-refractivity contribution in [3.8, 4) is 0 Å². The first kappa shape index (κ1) is 78.8. The summed E-state index contributed by atoms with van der Waals surface area (Å²) >= 11 is 0. The highest BCUT2D eigenvalue weighted by Gasteiger charge is 2.19. The van der Waals surface area contributed by atoms with E-state index in [9.17, 15) is 14.4 Å². The van der Waals surface area contributed by atoms with Crippen molar-refractivity contribution in [3.05, 3.63) is 122 Å².